The van der Waals surface area contributed by atoms with E-state index in [1.54, 1.807) is 11.8 Å². The zero-order valence-electron chi connectivity index (χ0n) is 12.9. The van der Waals surface area contributed by atoms with E-state index in [1.165, 1.54) is 0 Å². The van der Waals surface area contributed by atoms with Crippen LogP contribution in [0.1, 0.15) is 37.8 Å². The minimum atomic E-state index is -0.834. The molecule has 0 bridgehead atoms. The van der Waals surface area contributed by atoms with Gasteiger partial charge in [-0.3, -0.25) is 9.59 Å². The summed E-state index contributed by atoms with van der Waals surface area (Å²) in [7, 11) is 0. The number of hydrogen-bond donors (Lipinski definition) is 1. The van der Waals surface area contributed by atoms with E-state index in [2.05, 4.69) is 21.2 Å². The average Bonchev–Trinajstić information content (AvgIpc) is 2.49. The van der Waals surface area contributed by atoms with E-state index >= 15 is 0 Å². The fourth-order valence-corrected chi connectivity index (χ4v) is 3.50. The fourth-order valence-electron chi connectivity index (χ4n) is 2.82. The van der Waals surface area contributed by atoms with Crippen LogP contribution in [0.3, 0.4) is 0 Å². The summed E-state index contributed by atoms with van der Waals surface area (Å²) in [6.45, 7) is 8.12. The Hall–Kier alpha value is -1.36. The third kappa shape index (κ3) is 2.98. The molecule has 114 valence electrons. The van der Waals surface area contributed by atoms with Crippen molar-refractivity contribution in [2.45, 2.75) is 46.1 Å². The molecule has 0 aromatic heterocycles. The van der Waals surface area contributed by atoms with E-state index in [1.807, 2.05) is 32.9 Å². The van der Waals surface area contributed by atoms with E-state index in [0.29, 0.717) is 19.4 Å². The van der Waals surface area contributed by atoms with Crippen molar-refractivity contribution in [1.29, 1.82) is 0 Å². The number of hydrogen-bond acceptors (Lipinski definition) is 2. The monoisotopic (exact) mass is 352 g/mol. The van der Waals surface area contributed by atoms with Crippen LogP contribution in [0.15, 0.2) is 16.6 Å². The van der Waals surface area contributed by atoms with Gasteiger partial charge < -0.3 is 10.2 Å². The van der Waals surface area contributed by atoms with Crippen molar-refractivity contribution in [3.8, 4) is 0 Å². The lowest BCUT2D eigenvalue weighted by atomic mass is 9.96. The number of nitrogens with zero attached hydrogens (tertiary/aromatic N) is 1. The number of nitrogens with one attached hydrogen (secondary N) is 1. The first-order valence-corrected chi connectivity index (χ1v) is 7.97. The van der Waals surface area contributed by atoms with Crippen LogP contribution < -0.4 is 10.2 Å². The highest BCUT2D eigenvalue weighted by atomic mass is 79.9. The molecule has 0 saturated carbocycles. The van der Waals surface area contributed by atoms with Gasteiger partial charge >= 0.3 is 0 Å². The predicted octanol–water partition coefficient (Wildman–Crippen LogP) is 3.09. The van der Waals surface area contributed by atoms with Crippen molar-refractivity contribution >= 4 is 33.4 Å². The average molecular weight is 353 g/mol. The van der Waals surface area contributed by atoms with Crippen LogP contribution >= 0.6 is 15.9 Å². The van der Waals surface area contributed by atoms with Crippen LogP contribution in [0.2, 0.25) is 0 Å². The molecule has 1 fully saturated rings. The van der Waals surface area contributed by atoms with E-state index in [9.17, 15) is 9.59 Å². The minimum absolute atomic E-state index is 0.0376. The highest BCUT2D eigenvalue weighted by molar-refractivity contribution is 9.10. The Morgan fingerprint density at radius 2 is 1.86 bits per heavy atom. The molecule has 1 saturated heterocycles. The van der Waals surface area contributed by atoms with Gasteiger partial charge in [-0.1, -0.05) is 22.9 Å². The number of carbonyl (C=O) groups excluding carboxylic acids is 2. The highest BCUT2D eigenvalue weighted by Gasteiger charge is 2.40. The summed E-state index contributed by atoms with van der Waals surface area (Å²) in [5, 5.41) is 2.87. The Morgan fingerprint density at radius 1 is 1.29 bits per heavy atom. The summed E-state index contributed by atoms with van der Waals surface area (Å²) >= 11 is 3.48. The Balaban J connectivity index is 2.52. The normalized spacial score (nSPS) is 23.0. The molecule has 1 heterocycles. The molecule has 0 spiro atoms. The quantitative estimate of drug-likeness (QED) is 0.888. The molecule has 1 atom stereocenters. The number of anilines is 1. The molecule has 1 aliphatic rings. The highest BCUT2D eigenvalue weighted by Crippen LogP contribution is 2.31. The zero-order valence-corrected chi connectivity index (χ0v) is 14.5. The molecule has 1 N–H and O–H groups in total. The van der Waals surface area contributed by atoms with Crippen molar-refractivity contribution in [3.05, 3.63) is 27.7 Å². The summed E-state index contributed by atoms with van der Waals surface area (Å²) in [4.78, 5) is 26.6. The Kier molecular flexibility index (Phi) is 4.42. The summed E-state index contributed by atoms with van der Waals surface area (Å²) in [6.07, 6.45) is 0.902. The first-order chi connectivity index (χ1) is 9.78. The van der Waals surface area contributed by atoms with Gasteiger partial charge in [0.1, 0.15) is 5.54 Å². The van der Waals surface area contributed by atoms with Crippen molar-refractivity contribution in [3.63, 3.8) is 0 Å². The number of benzene rings is 1. The molecular weight excluding hydrogens is 332 g/mol. The SMILES string of the molecule is CCC1(C)NC(=O)CCN(c2c(C)cc(Br)cc2C)C1=O. The van der Waals surface area contributed by atoms with Crippen LogP contribution in [-0.2, 0) is 9.59 Å². The number of aryl methyl sites for hydroxylation is 2. The third-order valence-electron chi connectivity index (χ3n) is 4.13. The largest absolute Gasteiger partial charge is 0.342 e. The summed E-state index contributed by atoms with van der Waals surface area (Å²) < 4.78 is 0.996. The Labute approximate surface area is 134 Å². The van der Waals surface area contributed by atoms with Gasteiger partial charge in [-0.05, 0) is 50.5 Å². The molecular formula is C16H21BrN2O2. The molecule has 4 nitrogen and oxygen atoms in total. The maximum Gasteiger partial charge on any atom is 0.252 e. The Bertz CT molecular complexity index is 577. The summed E-state index contributed by atoms with van der Waals surface area (Å²) in [5.74, 6) is -0.105. The third-order valence-corrected chi connectivity index (χ3v) is 4.59. The summed E-state index contributed by atoms with van der Waals surface area (Å²) in [5.41, 5.74) is 2.14. The fraction of sp³-hybridized carbons (Fsp3) is 0.500. The maximum absolute atomic E-state index is 12.9. The molecule has 5 heteroatoms. The van der Waals surface area contributed by atoms with Gasteiger partial charge in [0.15, 0.2) is 0 Å². The lowest BCUT2D eigenvalue weighted by Crippen LogP contribution is -2.55. The molecule has 1 unspecified atom stereocenters. The number of halogens is 1. The van der Waals surface area contributed by atoms with Crippen LogP contribution in [0, 0.1) is 13.8 Å². The second-order valence-electron chi connectivity index (χ2n) is 5.83. The zero-order chi connectivity index (χ0) is 15.8. The second-order valence-corrected chi connectivity index (χ2v) is 6.74. The topological polar surface area (TPSA) is 49.4 Å². The number of rotatable bonds is 2. The van der Waals surface area contributed by atoms with Gasteiger partial charge in [-0.15, -0.1) is 0 Å². The van der Waals surface area contributed by atoms with E-state index in [4.69, 9.17) is 0 Å². The number of carbonyl (C=O) groups is 2. The Morgan fingerprint density at radius 3 is 2.38 bits per heavy atom. The first kappa shape index (κ1) is 16.0. The van der Waals surface area contributed by atoms with Gasteiger partial charge in [0.25, 0.3) is 5.91 Å². The molecule has 1 aliphatic heterocycles. The first-order valence-electron chi connectivity index (χ1n) is 7.18. The number of amides is 2. The molecule has 0 radical (unpaired) electrons. The van der Waals surface area contributed by atoms with Gasteiger partial charge in [-0.2, -0.15) is 0 Å². The molecule has 2 amide bonds. The summed E-state index contributed by atoms with van der Waals surface area (Å²) in [6, 6.07) is 4.00. The lowest BCUT2D eigenvalue weighted by molar-refractivity contribution is -0.129. The van der Waals surface area contributed by atoms with Crippen LogP contribution in [0.4, 0.5) is 5.69 Å². The lowest BCUT2D eigenvalue weighted by Gasteiger charge is -2.32. The van der Waals surface area contributed by atoms with Crippen molar-refractivity contribution in [2.24, 2.45) is 0 Å². The van der Waals surface area contributed by atoms with Gasteiger partial charge in [0.05, 0.1) is 0 Å². The predicted molar refractivity (Wildman–Crippen MR) is 87.4 cm³/mol. The molecule has 21 heavy (non-hydrogen) atoms. The van der Waals surface area contributed by atoms with Crippen LogP contribution in [0.5, 0.6) is 0 Å². The smallest absolute Gasteiger partial charge is 0.252 e. The van der Waals surface area contributed by atoms with Crippen molar-refractivity contribution in [2.75, 3.05) is 11.4 Å². The van der Waals surface area contributed by atoms with Gasteiger partial charge in [0.2, 0.25) is 5.91 Å². The van der Waals surface area contributed by atoms with E-state index < -0.39 is 5.54 Å². The van der Waals surface area contributed by atoms with Gasteiger partial charge in [-0.25, -0.2) is 0 Å². The van der Waals surface area contributed by atoms with Crippen LogP contribution in [0.25, 0.3) is 0 Å². The second kappa shape index (κ2) is 5.79. The van der Waals surface area contributed by atoms with Crippen LogP contribution in [-0.4, -0.2) is 23.9 Å². The molecule has 1 aromatic rings. The standard InChI is InChI=1S/C16H21BrN2O2/c1-5-16(4)15(21)19(7-6-13(20)18-16)14-10(2)8-12(17)9-11(14)3/h8-9H,5-7H2,1-4H3,(H,18,20). The minimum Gasteiger partial charge on any atom is -0.342 e. The molecule has 0 aliphatic carbocycles. The molecule has 1 aromatic carbocycles. The maximum atomic E-state index is 12.9. The van der Waals surface area contributed by atoms with E-state index in [-0.39, 0.29) is 11.8 Å². The molecule has 2 rings (SSSR count). The van der Waals surface area contributed by atoms with Crippen molar-refractivity contribution < 1.29 is 9.59 Å². The van der Waals surface area contributed by atoms with Crippen molar-refractivity contribution in [1.82, 2.24) is 5.32 Å². The van der Waals surface area contributed by atoms with Gasteiger partial charge in [0, 0.05) is 23.1 Å². The van der Waals surface area contributed by atoms with E-state index in [0.717, 1.165) is 21.3 Å².